The van der Waals surface area contributed by atoms with Gasteiger partial charge in [-0.2, -0.15) is 5.26 Å². The molecule has 1 N–H and O–H groups in total. The van der Waals surface area contributed by atoms with E-state index < -0.39 is 5.97 Å². The van der Waals surface area contributed by atoms with Gasteiger partial charge in [0.05, 0.1) is 11.6 Å². The maximum absolute atomic E-state index is 10.7. The van der Waals surface area contributed by atoms with Crippen LogP contribution in [0.3, 0.4) is 0 Å². The van der Waals surface area contributed by atoms with Gasteiger partial charge in [0.1, 0.15) is 6.20 Å². The Morgan fingerprint density at radius 3 is 2.61 bits per heavy atom. The Labute approximate surface area is 130 Å². The molecular formula is C16H10N4O3. The second-order valence-corrected chi connectivity index (χ2v) is 4.62. The van der Waals surface area contributed by atoms with E-state index >= 15 is 0 Å². The minimum Gasteiger partial charge on any atom is -0.476 e. The predicted octanol–water partition coefficient (Wildman–Crippen LogP) is 2.36. The van der Waals surface area contributed by atoms with E-state index in [2.05, 4.69) is 16.4 Å². The Morgan fingerprint density at radius 2 is 1.96 bits per heavy atom. The largest absolute Gasteiger partial charge is 0.476 e. The van der Waals surface area contributed by atoms with E-state index in [1.807, 2.05) is 24.3 Å². The lowest BCUT2D eigenvalue weighted by atomic mass is 10.0. The lowest BCUT2D eigenvalue weighted by Gasteiger charge is -2.05. The zero-order chi connectivity index (χ0) is 16.2. The fourth-order valence-electron chi connectivity index (χ4n) is 1.98. The molecule has 0 aliphatic rings. The van der Waals surface area contributed by atoms with Crippen LogP contribution in [-0.2, 0) is 0 Å². The third-order valence-electron chi connectivity index (χ3n) is 3.07. The van der Waals surface area contributed by atoms with Gasteiger partial charge in [-0.1, -0.05) is 29.1 Å². The molecule has 0 atom stereocenters. The van der Waals surface area contributed by atoms with E-state index in [4.69, 9.17) is 15.2 Å². The number of hydrogen-bond acceptors (Lipinski definition) is 5. The summed E-state index contributed by atoms with van der Waals surface area (Å²) < 4.78 is 0. The maximum Gasteiger partial charge on any atom is 0.358 e. The standard InChI is InChI=1S/C16H10N4O3/c17-9-11-2-1-3-13(8-11)12-4-6-14(7-5-12)23-20-10-15(16(21)22)18-19-20/h1-8,10H,(H,21,22). The minimum atomic E-state index is -1.17. The van der Waals surface area contributed by atoms with Crippen molar-refractivity contribution in [3.05, 3.63) is 66.0 Å². The number of aromatic carboxylic acids is 1. The molecule has 0 aliphatic carbocycles. The first-order chi connectivity index (χ1) is 11.2. The molecular weight excluding hydrogens is 296 g/mol. The van der Waals surface area contributed by atoms with Crippen molar-refractivity contribution in [3.8, 4) is 22.9 Å². The lowest BCUT2D eigenvalue weighted by molar-refractivity contribution is 0.0690. The van der Waals surface area contributed by atoms with Crippen LogP contribution in [0.2, 0.25) is 0 Å². The molecule has 0 amide bonds. The summed E-state index contributed by atoms with van der Waals surface area (Å²) in [4.78, 5) is 17.1. The Morgan fingerprint density at radius 1 is 1.17 bits per heavy atom. The predicted molar refractivity (Wildman–Crippen MR) is 79.6 cm³/mol. The third-order valence-corrected chi connectivity index (χ3v) is 3.07. The van der Waals surface area contributed by atoms with Gasteiger partial charge in [-0.15, -0.1) is 5.10 Å². The molecule has 0 bridgehead atoms. The summed E-state index contributed by atoms with van der Waals surface area (Å²) in [5, 5.41) is 24.7. The van der Waals surface area contributed by atoms with Crippen molar-refractivity contribution in [3.63, 3.8) is 0 Å². The molecule has 112 valence electrons. The first kappa shape index (κ1) is 14.3. The first-order valence-corrected chi connectivity index (χ1v) is 6.60. The van der Waals surface area contributed by atoms with Crippen molar-refractivity contribution in [2.75, 3.05) is 0 Å². The Balaban J connectivity index is 1.78. The summed E-state index contributed by atoms with van der Waals surface area (Å²) in [7, 11) is 0. The number of rotatable bonds is 4. The molecule has 7 nitrogen and oxygen atoms in total. The molecule has 0 fully saturated rings. The molecule has 1 aromatic heterocycles. The van der Waals surface area contributed by atoms with Gasteiger partial charge >= 0.3 is 5.97 Å². The average molecular weight is 306 g/mol. The third kappa shape index (κ3) is 3.16. The first-order valence-electron chi connectivity index (χ1n) is 6.60. The van der Waals surface area contributed by atoms with Crippen LogP contribution in [0.15, 0.2) is 54.7 Å². The number of aromatic nitrogens is 3. The highest BCUT2D eigenvalue weighted by molar-refractivity contribution is 5.84. The number of carboxylic acids is 1. The normalized spacial score (nSPS) is 10.0. The van der Waals surface area contributed by atoms with Gasteiger partial charge in [-0.25, -0.2) is 4.79 Å². The zero-order valence-corrected chi connectivity index (χ0v) is 11.7. The number of carboxylic acid groups (broad SMARTS) is 1. The number of nitrogens with zero attached hydrogens (tertiary/aromatic N) is 4. The van der Waals surface area contributed by atoms with Crippen LogP contribution in [0, 0.1) is 11.3 Å². The molecule has 2 aromatic carbocycles. The summed E-state index contributed by atoms with van der Waals surface area (Å²) in [6, 6.07) is 16.5. The quantitative estimate of drug-likeness (QED) is 0.794. The number of hydrogen-bond donors (Lipinski definition) is 1. The van der Waals surface area contributed by atoms with Crippen LogP contribution in [0.4, 0.5) is 0 Å². The summed E-state index contributed by atoms with van der Waals surface area (Å²) in [5.41, 5.74) is 2.24. The Bertz CT molecular complexity index is 894. The molecule has 0 saturated carbocycles. The fourth-order valence-corrected chi connectivity index (χ4v) is 1.98. The molecule has 7 heteroatoms. The fraction of sp³-hybridized carbons (Fsp3) is 0. The zero-order valence-electron chi connectivity index (χ0n) is 11.7. The monoisotopic (exact) mass is 306 g/mol. The van der Waals surface area contributed by atoms with Crippen molar-refractivity contribution in [1.29, 1.82) is 5.26 Å². The van der Waals surface area contributed by atoms with Crippen molar-refractivity contribution in [1.82, 2.24) is 15.2 Å². The molecule has 1 heterocycles. The van der Waals surface area contributed by atoms with Crippen molar-refractivity contribution < 1.29 is 14.7 Å². The number of benzene rings is 2. The van der Waals surface area contributed by atoms with Crippen molar-refractivity contribution in [2.45, 2.75) is 0 Å². The van der Waals surface area contributed by atoms with Gasteiger partial charge < -0.3 is 9.94 Å². The highest BCUT2D eigenvalue weighted by atomic mass is 16.7. The minimum absolute atomic E-state index is 0.199. The molecule has 0 radical (unpaired) electrons. The number of carbonyl (C=O) groups is 1. The average Bonchev–Trinajstić information content (AvgIpc) is 3.04. The molecule has 0 spiro atoms. The van der Waals surface area contributed by atoms with Crippen LogP contribution in [0.1, 0.15) is 16.1 Å². The van der Waals surface area contributed by atoms with Crippen LogP contribution in [0.5, 0.6) is 5.75 Å². The Kier molecular flexibility index (Phi) is 3.72. The van der Waals surface area contributed by atoms with Gasteiger partial charge in [-0.3, -0.25) is 0 Å². The molecule has 3 aromatic rings. The van der Waals surface area contributed by atoms with Crippen molar-refractivity contribution in [2.24, 2.45) is 0 Å². The summed E-state index contributed by atoms with van der Waals surface area (Å²) >= 11 is 0. The van der Waals surface area contributed by atoms with Crippen LogP contribution < -0.4 is 4.84 Å². The van der Waals surface area contributed by atoms with Crippen molar-refractivity contribution >= 4 is 5.97 Å². The summed E-state index contributed by atoms with van der Waals surface area (Å²) in [6.45, 7) is 0. The SMILES string of the molecule is N#Cc1cccc(-c2ccc(On3cc(C(=O)O)nn3)cc2)c1. The van der Waals surface area contributed by atoms with E-state index in [1.54, 1.807) is 24.3 Å². The second kappa shape index (κ2) is 5.99. The summed E-state index contributed by atoms with van der Waals surface area (Å²) in [5.74, 6) is -0.695. The van der Waals surface area contributed by atoms with Crippen LogP contribution >= 0.6 is 0 Å². The van der Waals surface area contributed by atoms with Gasteiger partial charge in [0, 0.05) is 0 Å². The van der Waals surface area contributed by atoms with E-state index in [0.717, 1.165) is 16.0 Å². The highest BCUT2D eigenvalue weighted by Crippen LogP contribution is 2.23. The topological polar surface area (TPSA) is 101 Å². The van der Waals surface area contributed by atoms with Crippen LogP contribution in [-0.4, -0.2) is 26.2 Å². The maximum atomic E-state index is 10.7. The molecule has 23 heavy (non-hydrogen) atoms. The highest BCUT2D eigenvalue weighted by Gasteiger charge is 2.09. The summed E-state index contributed by atoms with van der Waals surface area (Å²) in [6.07, 6.45) is 1.17. The van der Waals surface area contributed by atoms with E-state index in [-0.39, 0.29) is 5.69 Å². The van der Waals surface area contributed by atoms with E-state index in [1.165, 1.54) is 6.20 Å². The lowest BCUT2D eigenvalue weighted by Crippen LogP contribution is -2.05. The Hall–Kier alpha value is -3.66. The van der Waals surface area contributed by atoms with Gasteiger partial charge in [0.15, 0.2) is 11.4 Å². The number of nitriles is 1. The molecule has 0 aliphatic heterocycles. The van der Waals surface area contributed by atoms with E-state index in [0.29, 0.717) is 11.3 Å². The van der Waals surface area contributed by atoms with Gasteiger partial charge in [-0.05, 0) is 40.6 Å². The van der Waals surface area contributed by atoms with Gasteiger partial charge in [0.25, 0.3) is 0 Å². The van der Waals surface area contributed by atoms with Gasteiger partial charge in [0.2, 0.25) is 0 Å². The second-order valence-electron chi connectivity index (χ2n) is 4.62. The smallest absolute Gasteiger partial charge is 0.358 e. The molecule has 3 rings (SSSR count). The van der Waals surface area contributed by atoms with Crippen LogP contribution in [0.25, 0.3) is 11.1 Å². The molecule has 0 unspecified atom stereocenters. The van der Waals surface area contributed by atoms with E-state index in [9.17, 15) is 4.79 Å². The molecule has 0 saturated heterocycles.